The lowest BCUT2D eigenvalue weighted by molar-refractivity contribution is -0.260. The number of rotatable bonds is 5. The van der Waals surface area contributed by atoms with Gasteiger partial charge in [-0.1, -0.05) is 0 Å². The molecule has 0 aliphatic heterocycles. The Morgan fingerprint density at radius 1 is 1.38 bits per heavy atom. The van der Waals surface area contributed by atoms with Crippen LogP contribution in [0.3, 0.4) is 0 Å². The van der Waals surface area contributed by atoms with Crippen LogP contribution in [0, 0.1) is 0 Å². The molecule has 0 saturated carbocycles. The Hall–Kier alpha value is -0.750. The van der Waals surface area contributed by atoms with Gasteiger partial charge in [-0.05, 0) is 6.92 Å². The van der Waals surface area contributed by atoms with Crippen molar-refractivity contribution in [3.05, 3.63) is 0 Å². The van der Waals surface area contributed by atoms with Crippen molar-refractivity contribution in [3.8, 4) is 0 Å². The predicted octanol–water partition coefficient (Wildman–Crippen LogP) is 1.15. The highest BCUT2D eigenvalue weighted by molar-refractivity contribution is 5.66. The summed E-state index contributed by atoms with van der Waals surface area (Å²) in [5.41, 5.74) is 0. The first-order valence-electron chi connectivity index (χ1n) is 3.61. The number of ether oxygens (including phenoxy) is 3. The molecular weight excluding hydrogens is 186 g/mol. The van der Waals surface area contributed by atoms with Gasteiger partial charge in [0.05, 0.1) is 0 Å². The van der Waals surface area contributed by atoms with Crippen LogP contribution < -0.4 is 0 Å². The van der Waals surface area contributed by atoms with Gasteiger partial charge in [-0.15, -0.1) is 0 Å². The van der Waals surface area contributed by atoms with Gasteiger partial charge in [0.25, 0.3) is 12.7 Å². The van der Waals surface area contributed by atoms with Crippen LogP contribution >= 0.6 is 0 Å². The standard InChI is InChI=1S/C7H12F2O4/c1-4(10)12-7(6(8)9)13-5(2)11-3/h5-7H,1-3H3. The van der Waals surface area contributed by atoms with Crippen LogP contribution in [-0.2, 0) is 19.0 Å². The number of hydrogen-bond donors (Lipinski definition) is 0. The van der Waals surface area contributed by atoms with Crippen LogP contribution in [-0.4, -0.2) is 32.1 Å². The van der Waals surface area contributed by atoms with Gasteiger partial charge in [0, 0.05) is 14.0 Å². The van der Waals surface area contributed by atoms with Crippen molar-refractivity contribution in [1.29, 1.82) is 0 Å². The van der Waals surface area contributed by atoms with Gasteiger partial charge in [-0.3, -0.25) is 4.79 Å². The first-order chi connectivity index (χ1) is 5.97. The van der Waals surface area contributed by atoms with E-state index in [1.807, 2.05) is 0 Å². The number of alkyl halides is 2. The van der Waals surface area contributed by atoms with E-state index in [2.05, 4.69) is 14.2 Å². The Balaban J connectivity index is 4.02. The molecule has 6 heteroatoms. The summed E-state index contributed by atoms with van der Waals surface area (Å²) >= 11 is 0. The highest BCUT2D eigenvalue weighted by Crippen LogP contribution is 2.10. The molecule has 0 aliphatic carbocycles. The second kappa shape index (κ2) is 5.82. The minimum atomic E-state index is -2.89. The third-order valence-corrected chi connectivity index (χ3v) is 1.15. The smallest absolute Gasteiger partial charge is 0.305 e. The lowest BCUT2D eigenvalue weighted by Gasteiger charge is -2.19. The molecule has 0 aromatic heterocycles. The summed E-state index contributed by atoms with van der Waals surface area (Å²) in [6.07, 6.45) is -5.60. The summed E-state index contributed by atoms with van der Waals surface area (Å²) < 4.78 is 37.5. The number of hydrogen-bond acceptors (Lipinski definition) is 4. The number of halogens is 2. The van der Waals surface area contributed by atoms with Crippen LogP contribution in [0.1, 0.15) is 13.8 Å². The van der Waals surface area contributed by atoms with E-state index in [4.69, 9.17) is 0 Å². The van der Waals surface area contributed by atoms with Crippen molar-refractivity contribution in [1.82, 2.24) is 0 Å². The predicted molar refractivity (Wildman–Crippen MR) is 39.1 cm³/mol. The van der Waals surface area contributed by atoms with Crippen LogP contribution in [0.15, 0.2) is 0 Å². The maximum atomic E-state index is 12.1. The Morgan fingerprint density at radius 2 is 1.92 bits per heavy atom. The zero-order chi connectivity index (χ0) is 10.4. The maximum Gasteiger partial charge on any atom is 0.305 e. The summed E-state index contributed by atoms with van der Waals surface area (Å²) in [4.78, 5) is 10.4. The summed E-state index contributed by atoms with van der Waals surface area (Å²) in [7, 11) is 1.29. The third-order valence-electron chi connectivity index (χ3n) is 1.15. The van der Waals surface area contributed by atoms with Crippen LogP contribution in [0.25, 0.3) is 0 Å². The van der Waals surface area contributed by atoms with Gasteiger partial charge in [0.1, 0.15) is 0 Å². The molecule has 0 heterocycles. The van der Waals surface area contributed by atoms with Gasteiger partial charge < -0.3 is 14.2 Å². The van der Waals surface area contributed by atoms with Crippen molar-refractivity contribution in [3.63, 3.8) is 0 Å². The summed E-state index contributed by atoms with van der Waals surface area (Å²) in [5, 5.41) is 0. The molecule has 2 atom stereocenters. The monoisotopic (exact) mass is 198 g/mol. The molecule has 0 aromatic rings. The van der Waals surface area contributed by atoms with Crippen LogP contribution in [0.5, 0.6) is 0 Å². The Labute approximate surface area is 74.8 Å². The van der Waals surface area contributed by atoms with Crippen molar-refractivity contribution in [2.45, 2.75) is 32.9 Å². The molecule has 0 aromatic carbocycles. The Morgan fingerprint density at radius 3 is 2.23 bits per heavy atom. The van der Waals surface area contributed by atoms with Gasteiger partial charge in [-0.25, -0.2) is 8.78 Å². The molecule has 0 amide bonds. The van der Waals surface area contributed by atoms with Crippen LogP contribution in [0.4, 0.5) is 8.78 Å². The fraction of sp³-hybridized carbons (Fsp3) is 0.857. The van der Waals surface area contributed by atoms with E-state index < -0.39 is 25.0 Å². The fourth-order valence-electron chi connectivity index (χ4n) is 0.547. The molecule has 0 saturated heterocycles. The normalized spacial score (nSPS) is 15.5. The maximum absolute atomic E-state index is 12.1. The summed E-state index contributed by atoms with van der Waals surface area (Å²) in [6.45, 7) is 2.44. The number of esters is 1. The largest absolute Gasteiger partial charge is 0.429 e. The van der Waals surface area contributed by atoms with Gasteiger partial charge in [0.15, 0.2) is 6.29 Å². The van der Waals surface area contributed by atoms with Gasteiger partial charge in [-0.2, -0.15) is 0 Å². The average Bonchev–Trinajstić information content (AvgIpc) is 2.02. The molecule has 0 fully saturated rings. The second-order valence-corrected chi connectivity index (χ2v) is 2.25. The summed E-state index contributed by atoms with van der Waals surface area (Å²) in [6, 6.07) is 0. The first kappa shape index (κ1) is 12.2. The molecule has 0 bridgehead atoms. The SMILES string of the molecule is COC(C)OC(OC(C)=O)C(F)F. The molecule has 0 aliphatic rings. The molecule has 0 spiro atoms. The number of carbonyl (C=O) groups is 1. The summed E-state index contributed by atoms with van der Waals surface area (Å²) in [5.74, 6) is -0.825. The zero-order valence-corrected chi connectivity index (χ0v) is 7.62. The molecule has 0 radical (unpaired) electrons. The molecule has 13 heavy (non-hydrogen) atoms. The topological polar surface area (TPSA) is 44.8 Å². The molecule has 0 rings (SSSR count). The van der Waals surface area contributed by atoms with E-state index in [1.54, 1.807) is 0 Å². The Kier molecular flexibility index (Phi) is 5.48. The third kappa shape index (κ3) is 5.48. The van der Waals surface area contributed by atoms with Crippen molar-refractivity contribution >= 4 is 5.97 Å². The fourth-order valence-corrected chi connectivity index (χ4v) is 0.547. The molecule has 0 N–H and O–H groups in total. The van der Waals surface area contributed by atoms with Crippen molar-refractivity contribution in [2.24, 2.45) is 0 Å². The van der Waals surface area contributed by atoms with Crippen molar-refractivity contribution < 1.29 is 27.8 Å². The van der Waals surface area contributed by atoms with Gasteiger partial charge in [0.2, 0.25) is 0 Å². The van der Waals surface area contributed by atoms with Crippen molar-refractivity contribution in [2.75, 3.05) is 7.11 Å². The average molecular weight is 198 g/mol. The quantitative estimate of drug-likeness (QED) is 0.491. The lowest BCUT2D eigenvalue weighted by atomic mass is 10.6. The van der Waals surface area contributed by atoms with E-state index in [9.17, 15) is 13.6 Å². The minimum Gasteiger partial charge on any atom is -0.429 e. The molecule has 4 nitrogen and oxygen atoms in total. The Bertz CT molecular complexity index is 163. The highest BCUT2D eigenvalue weighted by atomic mass is 19.3. The van der Waals surface area contributed by atoms with E-state index >= 15 is 0 Å². The van der Waals surface area contributed by atoms with E-state index in [0.717, 1.165) is 6.92 Å². The molecular formula is C7H12F2O4. The number of methoxy groups -OCH3 is 1. The molecule has 78 valence electrons. The van der Waals surface area contributed by atoms with E-state index in [0.29, 0.717) is 0 Å². The van der Waals surface area contributed by atoms with Gasteiger partial charge >= 0.3 is 5.97 Å². The first-order valence-corrected chi connectivity index (χ1v) is 3.61. The van der Waals surface area contributed by atoms with E-state index in [-0.39, 0.29) is 0 Å². The van der Waals surface area contributed by atoms with Crippen LogP contribution in [0.2, 0.25) is 0 Å². The second-order valence-electron chi connectivity index (χ2n) is 2.25. The number of carbonyl (C=O) groups excluding carboxylic acids is 1. The highest BCUT2D eigenvalue weighted by Gasteiger charge is 2.26. The zero-order valence-electron chi connectivity index (χ0n) is 7.62. The molecule has 2 unspecified atom stereocenters. The van der Waals surface area contributed by atoms with E-state index in [1.165, 1.54) is 14.0 Å². The minimum absolute atomic E-state index is 0.825. The lowest BCUT2D eigenvalue weighted by Crippen LogP contribution is -2.31.